The lowest BCUT2D eigenvalue weighted by Gasteiger charge is -2.18. The summed E-state index contributed by atoms with van der Waals surface area (Å²) in [5.41, 5.74) is 0. The molecule has 1 unspecified atom stereocenters. The number of thioether (sulfide) groups is 1. The fraction of sp³-hybridized carbons (Fsp3) is 0.857. The third-order valence-corrected chi connectivity index (χ3v) is 2.49. The molecule has 0 N–H and O–H groups in total. The number of nitrogens with zero attached hydrogens (tertiary/aromatic N) is 1. The first-order valence-corrected chi connectivity index (χ1v) is 4.68. The molecule has 1 aliphatic heterocycles. The van der Waals surface area contributed by atoms with Crippen molar-refractivity contribution >= 4 is 17.7 Å². The molecule has 0 radical (unpaired) electrons. The minimum absolute atomic E-state index is 0.466. The molecule has 0 aromatic heterocycles. The Balaban J connectivity index is 2.44. The summed E-state index contributed by atoms with van der Waals surface area (Å²) < 4.78 is 5.32. The monoisotopic (exact) mass is 159 g/mol. The molecule has 10 heavy (non-hydrogen) atoms. The zero-order valence-electron chi connectivity index (χ0n) is 6.46. The summed E-state index contributed by atoms with van der Waals surface area (Å²) in [6, 6.07) is 0. The maximum Gasteiger partial charge on any atom is 0.196 e. The SMILES string of the molecule is CCOC1=NCCSC1C. The molecule has 0 aliphatic carbocycles. The largest absolute Gasteiger partial charge is 0.480 e. The standard InChI is InChI=1S/C7H13NOS/c1-3-9-7-6(2)10-5-4-8-7/h6H,3-5H2,1-2H3. The Morgan fingerprint density at radius 3 is 3.20 bits per heavy atom. The van der Waals surface area contributed by atoms with E-state index in [0.29, 0.717) is 5.25 Å². The molecule has 1 rings (SSSR count). The second kappa shape index (κ2) is 3.86. The molecular weight excluding hydrogens is 146 g/mol. The molecule has 3 heteroatoms. The van der Waals surface area contributed by atoms with Crippen molar-refractivity contribution in [3.05, 3.63) is 0 Å². The Labute approximate surface area is 66.1 Å². The lowest BCUT2D eigenvalue weighted by molar-refractivity contribution is 0.318. The van der Waals surface area contributed by atoms with Gasteiger partial charge < -0.3 is 4.74 Å². The molecule has 0 aromatic carbocycles. The van der Waals surface area contributed by atoms with Gasteiger partial charge in [0.2, 0.25) is 0 Å². The molecule has 0 spiro atoms. The van der Waals surface area contributed by atoms with Gasteiger partial charge in [-0.05, 0) is 13.8 Å². The molecule has 0 amide bonds. The topological polar surface area (TPSA) is 21.6 Å². The van der Waals surface area contributed by atoms with Crippen LogP contribution in [0.2, 0.25) is 0 Å². The average Bonchev–Trinajstić information content (AvgIpc) is 1.94. The Morgan fingerprint density at radius 2 is 2.60 bits per heavy atom. The highest BCUT2D eigenvalue weighted by Gasteiger charge is 2.15. The van der Waals surface area contributed by atoms with Gasteiger partial charge in [-0.2, -0.15) is 0 Å². The molecule has 2 nitrogen and oxygen atoms in total. The maximum atomic E-state index is 5.32. The van der Waals surface area contributed by atoms with E-state index in [2.05, 4.69) is 11.9 Å². The third-order valence-electron chi connectivity index (χ3n) is 1.37. The fourth-order valence-corrected chi connectivity index (χ4v) is 1.73. The van der Waals surface area contributed by atoms with Crippen molar-refractivity contribution in [2.45, 2.75) is 19.1 Å². The summed E-state index contributed by atoms with van der Waals surface area (Å²) in [5.74, 6) is 2.07. The summed E-state index contributed by atoms with van der Waals surface area (Å²) in [6.07, 6.45) is 0. The van der Waals surface area contributed by atoms with Gasteiger partial charge in [0.25, 0.3) is 0 Å². The molecule has 0 fully saturated rings. The molecule has 0 saturated heterocycles. The van der Waals surface area contributed by atoms with Gasteiger partial charge in [-0.25, -0.2) is 0 Å². The Hall–Kier alpha value is -0.180. The van der Waals surface area contributed by atoms with Gasteiger partial charge in [0, 0.05) is 5.75 Å². The smallest absolute Gasteiger partial charge is 0.196 e. The minimum Gasteiger partial charge on any atom is -0.480 e. The van der Waals surface area contributed by atoms with Crippen LogP contribution in [-0.2, 0) is 4.74 Å². The fourth-order valence-electron chi connectivity index (χ4n) is 0.896. The summed E-state index contributed by atoms with van der Waals surface area (Å²) >= 11 is 1.91. The van der Waals surface area contributed by atoms with E-state index in [1.807, 2.05) is 18.7 Å². The zero-order chi connectivity index (χ0) is 7.40. The van der Waals surface area contributed by atoms with Gasteiger partial charge in [-0.1, -0.05) is 0 Å². The number of hydrogen-bond donors (Lipinski definition) is 0. The lowest BCUT2D eigenvalue weighted by Crippen LogP contribution is -2.22. The van der Waals surface area contributed by atoms with E-state index in [-0.39, 0.29) is 0 Å². The van der Waals surface area contributed by atoms with Crippen molar-refractivity contribution in [3.8, 4) is 0 Å². The quantitative estimate of drug-likeness (QED) is 0.579. The van der Waals surface area contributed by atoms with Gasteiger partial charge in [0.1, 0.15) is 0 Å². The summed E-state index contributed by atoms with van der Waals surface area (Å²) in [7, 11) is 0. The lowest BCUT2D eigenvalue weighted by atomic mass is 10.4. The second-order valence-electron chi connectivity index (χ2n) is 2.17. The predicted octanol–water partition coefficient (Wildman–Crippen LogP) is 1.56. The Morgan fingerprint density at radius 1 is 1.80 bits per heavy atom. The highest BCUT2D eigenvalue weighted by molar-refractivity contribution is 8.00. The summed E-state index contributed by atoms with van der Waals surface area (Å²) in [5, 5.41) is 0.466. The summed E-state index contributed by atoms with van der Waals surface area (Å²) in [4.78, 5) is 4.27. The number of hydrogen-bond acceptors (Lipinski definition) is 3. The molecule has 0 saturated carbocycles. The molecule has 1 heterocycles. The number of rotatable bonds is 1. The van der Waals surface area contributed by atoms with Crippen LogP contribution in [-0.4, -0.2) is 30.1 Å². The molecule has 0 bridgehead atoms. The van der Waals surface area contributed by atoms with Gasteiger partial charge in [0.05, 0.1) is 18.4 Å². The van der Waals surface area contributed by atoms with E-state index in [4.69, 9.17) is 4.74 Å². The predicted molar refractivity (Wildman–Crippen MR) is 45.8 cm³/mol. The van der Waals surface area contributed by atoms with Crippen molar-refractivity contribution in [1.82, 2.24) is 0 Å². The van der Waals surface area contributed by atoms with Gasteiger partial charge in [-0.3, -0.25) is 4.99 Å². The Bertz CT molecular complexity index is 136. The van der Waals surface area contributed by atoms with Crippen LogP contribution in [0.1, 0.15) is 13.8 Å². The average molecular weight is 159 g/mol. The van der Waals surface area contributed by atoms with Crippen LogP contribution in [0.5, 0.6) is 0 Å². The van der Waals surface area contributed by atoms with Crippen LogP contribution in [0.25, 0.3) is 0 Å². The van der Waals surface area contributed by atoms with Crippen molar-refractivity contribution in [2.24, 2.45) is 4.99 Å². The van der Waals surface area contributed by atoms with Crippen LogP contribution in [0.4, 0.5) is 0 Å². The van der Waals surface area contributed by atoms with Crippen molar-refractivity contribution in [2.75, 3.05) is 18.9 Å². The van der Waals surface area contributed by atoms with E-state index >= 15 is 0 Å². The van der Waals surface area contributed by atoms with E-state index in [9.17, 15) is 0 Å². The van der Waals surface area contributed by atoms with E-state index in [1.54, 1.807) is 0 Å². The Kier molecular flexibility index (Phi) is 3.06. The third kappa shape index (κ3) is 1.90. The zero-order valence-corrected chi connectivity index (χ0v) is 7.28. The number of ether oxygens (including phenoxy) is 1. The molecule has 1 atom stereocenters. The number of aliphatic imine (C=N–C) groups is 1. The van der Waals surface area contributed by atoms with Gasteiger partial charge >= 0.3 is 0 Å². The molecular formula is C7H13NOS. The minimum atomic E-state index is 0.466. The van der Waals surface area contributed by atoms with E-state index in [0.717, 1.165) is 24.8 Å². The first-order chi connectivity index (χ1) is 4.84. The van der Waals surface area contributed by atoms with E-state index in [1.165, 1.54) is 0 Å². The van der Waals surface area contributed by atoms with Crippen molar-refractivity contribution < 1.29 is 4.74 Å². The molecule has 58 valence electrons. The summed E-state index contributed by atoms with van der Waals surface area (Å²) in [6.45, 7) is 5.79. The first-order valence-electron chi connectivity index (χ1n) is 3.63. The normalized spacial score (nSPS) is 25.8. The first kappa shape index (κ1) is 7.92. The highest BCUT2D eigenvalue weighted by Crippen LogP contribution is 2.16. The molecule has 1 aliphatic rings. The van der Waals surface area contributed by atoms with Crippen molar-refractivity contribution in [1.29, 1.82) is 0 Å². The van der Waals surface area contributed by atoms with Gasteiger partial charge in [-0.15, -0.1) is 11.8 Å². The van der Waals surface area contributed by atoms with Crippen LogP contribution < -0.4 is 0 Å². The highest BCUT2D eigenvalue weighted by atomic mass is 32.2. The van der Waals surface area contributed by atoms with Crippen molar-refractivity contribution in [3.63, 3.8) is 0 Å². The second-order valence-corrected chi connectivity index (χ2v) is 3.61. The van der Waals surface area contributed by atoms with Crippen LogP contribution in [0, 0.1) is 0 Å². The van der Waals surface area contributed by atoms with Crippen LogP contribution in [0.3, 0.4) is 0 Å². The van der Waals surface area contributed by atoms with E-state index < -0.39 is 0 Å². The van der Waals surface area contributed by atoms with Gasteiger partial charge in [0.15, 0.2) is 5.90 Å². The maximum absolute atomic E-state index is 5.32. The van der Waals surface area contributed by atoms with Crippen LogP contribution in [0.15, 0.2) is 4.99 Å². The van der Waals surface area contributed by atoms with Crippen LogP contribution >= 0.6 is 11.8 Å². The molecule has 0 aromatic rings.